The molecule has 2 heteroatoms. The largest absolute Gasteiger partial charge is 0.330 e. The minimum absolute atomic E-state index is 0.338. The molecule has 1 rings (SSSR count). The minimum atomic E-state index is 0.338. The summed E-state index contributed by atoms with van der Waals surface area (Å²) < 4.78 is 0. The second-order valence-electron chi connectivity index (χ2n) is 5.92. The second kappa shape index (κ2) is 6.61. The lowest BCUT2D eigenvalue weighted by Gasteiger charge is -2.39. The predicted molar refractivity (Wildman–Crippen MR) is 71.5 cm³/mol. The maximum absolute atomic E-state index is 5.95. The Hall–Kier alpha value is -0.0800. The molecule has 0 radical (unpaired) electrons. The van der Waals surface area contributed by atoms with Crippen molar-refractivity contribution >= 4 is 0 Å². The fraction of sp³-hybridized carbons (Fsp3) is 1.00. The molecule has 2 nitrogen and oxygen atoms in total. The van der Waals surface area contributed by atoms with Crippen LogP contribution in [0.15, 0.2) is 0 Å². The molecule has 0 aliphatic carbocycles. The van der Waals surface area contributed by atoms with Crippen LogP contribution in [0.5, 0.6) is 0 Å². The molecule has 0 amide bonds. The highest BCUT2D eigenvalue weighted by atomic mass is 15.1. The summed E-state index contributed by atoms with van der Waals surface area (Å²) in [6, 6.07) is 0. The van der Waals surface area contributed by atoms with E-state index in [9.17, 15) is 0 Å². The van der Waals surface area contributed by atoms with Gasteiger partial charge in [-0.25, -0.2) is 0 Å². The SMILES string of the molecule is CCCC(C)(CN)CN1CCCC(CC)C1. The highest BCUT2D eigenvalue weighted by Gasteiger charge is 2.27. The normalized spacial score (nSPS) is 26.6. The van der Waals surface area contributed by atoms with Crippen molar-refractivity contribution in [1.29, 1.82) is 0 Å². The lowest BCUT2D eigenvalue weighted by atomic mass is 9.84. The lowest BCUT2D eigenvalue weighted by Crippen LogP contribution is -2.44. The molecule has 2 atom stereocenters. The van der Waals surface area contributed by atoms with Crippen molar-refractivity contribution in [2.75, 3.05) is 26.2 Å². The van der Waals surface area contributed by atoms with Crippen molar-refractivity contribution in [1.82, 2.24) is 4.90 Å². The Morgan fingerprint density at radius 3 is 2.69 bits per heavy atom. The van der Waals surface area contributed by atoms with Crippen LogP contribution in [0.25, 0.3) is 0 Å². The van der Waals surface area contributed by atoms with Gasteiger partial charge in [-0.05, 0) is 43.7 Å². The molecule has 0 bridgehead atoms. The van der Waals surface area contributed by atoms with E-state index in [-0.39, 0.29) is 0 Å². The molecule has 1 aliphatic heterocycles. The van der Waals surface area contributed by atoms with Crippen LogP contribution in [-0.4, -0.2) is 31.1 Å². The molecule has 1 fully saturated rings. The van der Waals surface area contributed by atoms with Gasteiger partial charge in [-0.3, -0.25) is 0 Å². The average molecular weight is 226 g/mol. The topological polar surface area (TPSA) is 29.3 Å². The van der Waals surface area contributed by atoms with Crippen molar-refractivity contribution in [2.24, 2.45) is 17.1 Å². The van der Waals surface area contributed by atoms with Gasteiger partial charge in [0, 0.05) is 13.1 Å². The summed E-state index contributed by atoms with van der Waals surface area (Å²) in [4.78, 5) is 2.65. The lowest BCUT2D eigenvalue weighted by molar-refractivity contribution is 0.108. The summed E-state index contributed by atoms with van der Waals surface area (Å²) in [6.45, 7) is 11.6. The zero-order valence-electron chi connectivity index (χ0n) is 11.5. The fourth-order valence-corrected chi connectivity index (χ4v) is 3.02. The van der Waals surface area contributed by atoms with Gasteiger partial charge in [0.15, 0.2) is 0 Å². The molecule has 0 aromatic heterocycles. The third-order valence-corrected chi connectivity index (χ3v) is 4.13. The predicted octanol–water partition coefficient (Wildman–Crippen LogP) is 2.87. The molecular weight excluding hydrogens is 196 g/mol. The first-order chi connectivity index (χ1) is 7.63. The molecule has 1 heterocycles. The van der Waals surface area contributed by atoms with Crippen LogP contribution in [0.3, 0.4) is 0 Å². The Balaban J connectivity index is 2.44. The fourth-order valence-electron chi connectivity index (χ4n) is 3.02. The average Bonchev–Trinajstić information content (AvgIpc) is 2.29. The van der Waals surface area contributed by atoms with Crippen LogP contribution in [-0.2, 0) is 0 Å². The highest BCUT2D eigenvalue weighted by molar-refractivity contribution is 4.82. The third kappa shape index (κ3) is 4.06. The number of hydrogen-bond acceptors (Lipinski definition) is 2. The van der Waals surface area contributed by atoms with Gasteiger partial charge in [-0.2, -0.15) is 0 Å². The second-order valence-corrected chi connectivity index (χ2v) is 5.92. The van der Waals surface area contributed by atoms with E-state index in [1.54, 1.807) is 0 Å². The first-order valence-corrected chi connectivity index (χ1v) is 7.06. The summed E-state index contributed by atoms with van der Waals surface area (Å²) >= 11 is 0. The van der Waals surface area contributed by atoms with E-state index in [1.165, 1.54) is 51.7 Å². The first-order valence-electron chi connectivity index (χ1n) is 7.06. The molecule has 96 valence electrons. The van der Waals surface area contributed by atoms with Crippen LogP contribution in [0.2, 0.25) is 0 Å². The maximum atomic E-state index is 5.95. The molecule has 0 aromatic rings. The summed E-state index contributed by atoms with van der Waals surface area (Å²) in [5.41, 5.74) is 6.29. The molecule has 0 aromatic carbocycles. The highest BCUT2D eigenvalue weighted by Crippen LogP contribution is 2.27. The molecule has 2 unspecified atom stereocenters. The van der Waals surface area contributed by atoms with Crippen molar-refractivity contribution in [3.63, 3.8) is 0 Å². The summed E-state index contributed by atoms with van der Waals surface area (Å²) in [6.07, 6.45) is 6.66. The smallest absolute Gasteiger partial charge is 0.00475 e. The van der Waals surface area contributed by atoms with Crippen LogP contribution < -0.4 is 5.73 Å². The molecule has 2 N–H and O–H groups in total. The molecular formula is C14H30N2. The van der Waals surface area contributed by atoms with Gasteiger partial charge in [0.25, 0.3) is 0 Å². The Morgan fingerprint density at radius 2 is 2.12 bits per heavy atom. The van der Waals surface area contributed by atoms with E-state index in [0.717, 1.165) is 12.5 Å². The number of piperidine rings is 1. The van der Waals surface area contributed by atoms with E-state index in [4.69, 9.17) is 5.73 Å². The number of nitrogens with zero attached hydrogens (tertiary/aromatic N) is 1. The van der Waals surface area contributed by atoms with Gasteiger partial charge in [-0.15, -0.1) is 0 Å². The maximum Gasteiger partial charge on any atom is 0.00475 e. The van der Waals surface area contributed by atoms with E-state index < -0.39 is 0 Å². The third-order valence-electron chi connectivity index (χ3n) is 4.13. The Labute approximate surface area is 102 Å². The Bertz CT molecular complexity index is 193. The molecule has 1 saturated heterocycles. The van der Waals surface area contributed by atoms with Gasteiger partial charge < -0.3 is 10.6 Å². The number of likely N-dealkylation sites (tertiary alicyclic amines) is 1. The Morgan fingerprint density at radius 1 is 1.38 bits per heavy atom. The standard InChI is InChI=1S/C14H30N2/c1-4-8-14(3,11-15)12-16-9-6-7-13(5-2)10-16/h13H,4-12,15H2,1-3H3. The van der Waals surface area contributed by atoms with E-state index in [2.05, 4.69) is 25.7 Å². The van der Waals surface area contributed by atoms with Crippen molar-refractivity contribution in [3.8, 4) is 0 Å². The molecule has 16 heavy (non-hydrogen) atoms. The van der Waals surface area contributed by atoms with Gasteiger partial charge >= 0.3 is 0 Å². The van der Waals surface area contributed by atoms with Crippen molar-refractivity contribution in [2.45, 2.75) is 52.9 Å². The molecule has 0 spiro atoms. The van der Waals surface area contributed by atoms with Gasteiger partial charge in [0.1, 0.15) is 0 Å². The van der Waals surface area contributed by atoms with E-state index >= 15 is 0 Å². The van der Waals surface area contributed by atoms with Crippen LogP contribution >= 0.6 is 0 Å². The number of hydrogen-bond donors (Lipinski definition) is 1. The van der Waals surface area contributed by atoms with Crippen molar-refractivity contribution < 1.29 is 0 Å². The monoisotopic (exact) mass is 226 g/mol. The number of nitrogens with two attached hydrogens (primary N) is 1. The Kier molecular flexibility index (Phi) is 5.77. The summed E-state index contributed by atoms with van der Waals surface area (Å²) in [5, 5.41) is 0. The van der Waals surface area contributed by atoms with E-state index in [0.29, 0.717) is 5.41 Å². The van der Waals surface area contributed by atoms with Gasteiger partial charge in [-0.1, -0.05) is 33.6 Å². The van der Waals surface area contributed by atoms with Crippen LogP contribution in [0.4, 0.5) is 0 Å². The summed E-state index contributed by atoms with van der Waals surface area (Å²) in [5.74, 6) is 0.928. The van der Waals surface area contributed by atoms with Crippen LogP contribution in [0.1, 0.15) is 52.9 Å². The first kappa shape index (κ1) is 14.0. The molecule has 0 saturated carbocycles. The van der Waals surface area contributed by atoms with Gasteiger partial charge in [0.2, 0.25) is 0 Å². The zero-order valence-corrected chi connectivity index (χ0v) is 11.5. The van der Waals surface area contributed by atoms with E-state index in [1.807, 2.05) is 0 Å². The summed E-state index contributed by atoms with van der Waals surface area (Å²) in [7, 11) is 0. The van der Waals surface area contributed by atoms with Gasteiger partial charge in [0.05, 0.1) is 0 Å². The number of rotatable bonds is 6. The van der Waals surface area contributed by atoms with Crippen LogP contribution in [0, 0.1) is 11.3 Å². The van der Waals surface area contributed by atoms with Crippen molar-refractivity contribution in [3.05, 3.63) is 0 Å². The minimum Gasteiger partial charge on any atom is -0.330 e. The molecule has 1 aliphatic rings. The quantitative estimate of drug-likeness (QED) is 0.754. The zero-order chi connectivity index (χ0) is 12.0.